The highest BCUT2D eigenvalue weighted by molar-refractivity contribution is 5.99. The van der Waals surface area contributed by atoms with Crippen LogP contribution >= 0.6 is 0 Å². The van der Waals surface area contributed by atoms with Crippen LogP contribution in [0, 0.1) is 0 Å². The Morgan fingerprint density at radius 2 is 1.78 bits per heavy atom. The fourth-order valence-corrected chi connectivity index (χ4v) is 5.82. The van der Waals surface area contributed by atoms with E-state index in [2.05, 4.69) is 39.9 Å². The number of aromatic amines is 1. The molecule has 8 heteroatoms. The number of likely N-dealkylation sites (tertiary alicyclic amines) is 1. The summed E-state index contributed by atoms with van der Waals surface area (Å²) in [5, 5.41) is 7.16. The lowest BCUT2D eigenvalue weighted by Gasteiger charge is -2.34. The van der Waals surface area contributed by atoms with Crippen molar-refractivity contribution < 1.29 is 14.3 Å². The van der Waals surface area contributed by atoms with Gasteiger partial charge in [-0.1, -0.05) is 61.5 Å². The summed E-state index contributed by atoms with van der Waals surface area (Å²) >= 11 is 0. The summed E-state index contributed by atoms with van der Waals surface area (Å²) in [5.41, 5.74) is 10.6. The van der Waals surface area contributed by atoms with Crippen molar-refractivity contribution in [3.05, 3.63) is 95.7 Å². The number of ether oxygens (including phenoxy) is 1. The molecule has 2 heterocycles. The van der Waals surface area contributed by atoms with Crippen LogP contribution in [-0.2, 0) is 11.2 Å². The third-order valence-corrected chi connectivity index (χ3v) is 8.18. The summed E-state index contributed by atoms with van der Waals surface area (Å²) in [6, 6.07) is 23.0. The number of nitrogens with two attached hydrogens (primary N) is 1. The van der Waals surface area contributed by atoms with E-state index in [1.54, 1.807) is 7.11 Å². The molecular weight excluding hydrogens is 514 g/mol. The number of H-pyrrole nitrogens is 1. The van der Waals surface area contributed by atoms with Gasteiger partial charge < -0.3 is 31.0 Å². The largest absolute Gasteiger partial charge is 0.495 e. The van der Waals surface area contributed by atoms with Crippen molar-refractivity contribution in [3.8, 4) is 5.75 Å². The number of aromatic nitrogens is 1. The van der Waals surface area contributed by atoms with E-state index in [9.17, 15) is 9.59 Å². The smallest absolute Gasteiger partial charge is 0.318 e. The molecule has 0 aliphatic carbocycles. The highest BCUT2D eigenvalue weighted by atomic mass is 16.5. The number of fused-ring (bicyclic) bond motifs is 1. The first kappa shape index (κ1) is 28.2. The molecule has 41 heavy (non-hydrogen) atoms. The number of carbonyl (C=O) groups is 2. The monoisotopic (exact) mass is 553 g/mol. The van der Waals surface area contributed by atoms with Crippen molar-refractivity contribution in [1.29, 1.82) is 0 Å². The molecule has 1 aromatic heterocycles. The SMILES string of the molecule is COc1ccc(CCN)cc1NC(=O)C(NC(=O)N1CCC(c2ccccc2)CC1)C(C)c1c[nH]c2ccccc12. The molecule has 1 saturated heterocycles. The Bertz CT molecular complexity index is 1480. The third-order valence-electron chi connectivity index (χ3n) is 8.18. The first-order chi connectivity index (χ1) is 20.0. The van der Waals surface area contributed by atoms with Crippen molar-refractivity contribution in [2.75, 3.05) is 32.1 Å². The first-order valence-electron chi connectivity index (χ1n) is 14.3. The van der Waals surface area contributed by atoms with E-state index in [1.807, 2.05) is 66.6 Å². The number of carbonyl (C=O) groups excluding carboxylic acids is 2. The quantitative estimate of drug-likeness (QED) is 0.223. The van der Waals surface area contributed by atoms with Gasteiger partial charge in [0, 0.05) is 36.1 Å². The third kappa shape index (κ3) is 6.38. The van der Waals surface area contributed by atoms with Gasteiger partial charge in [0.25, 0.3) is 0 Å². The Balaban J connectivity index is 1.37. The average Bonchev–Trinajstić information content (AvgIpc) is 3.44. The van der Waals surface area contributed by atoms with Crippen LogP contribution in [0.15, 0.2) is 79.0 Å². The molecule has 0 radical (unpaired) electrons. The van der Waals surface area contributed by atoms with E-state index in [0.717, 1.165) is 34.9 Å². The zero-order valence-corrected chi connectivity index (χ0v) is 23.7. The number of urea groups is 1. The lowest BCUT2D eigenvalue weighted by atomic mass is 9.89. The number of methoxy groups -OCH3 is 1. The molecule has 3 amide bonds. The Morgan fingerprint density at radius 1 is 1.05 bits per heavy atom. The molecule has 5 rings (SSSR count). The highest BCUT2D eigenvalue weighted by Gasteiger charge is 2.33. The number of nitrogens with zero attached hydrogens (tertiary/aromatic N) is 1. The maximum atomic E-state index is 13.9. The molecule has 2 unspecified atom stereocenters. The van der Waals surface area contributed by atoms with Crippen molar-refractivity contribution >= 4 is 28.5 Å². The Hall–Kier alpha value is -4.30. The molecular formula is C33H39N5O3. The predicted octanol–water partition coefficient (Wildman–Crippen LogP) is 5.38. The van der Waals surface area contributed by atoms with Gasteiger partial charge in [-0.3, -0.25) is 4.79 Å². The number of nitrogens with one attached hydrogen (secondary N) is 3. The fraction of sp³-hybridized carbons (Fsp3) is 0.333. The van der Waals surface area contributed by atoms with Crippen LogP contribution in [0.1, 0.15) is 48.3 Å². The van der Waals surface area contributed by atoms with Gasteiger partial charge in [-0.05, 0) is 66.6 Å². The van der Waals surface area contributed by atoms with Gasteiger partial charge in [0.2, 0.25) is 5.91 Å². The zero-order valence-electron chi connectivity index (χ0n) is 23.7. The maximum Gasteiger partial charge on any atom is 0.318 e. The van der Waals surface area contributed by atoms with Crippen LogP contribution in [0.4, 0.5) is 10.5 Å². The number of para-hydroxylation sites is 1. The van der Waals surface area contributed by atoms with Crippen LogP contribution < -0.4 is 21.1 Å². The molecule has 1 aliphatic rings. The molecule has 8 nitrogen and oxygen atoms in total. The van der Waals surface area contributed by atoms with Crippen LogP contribution in [-0.4, -0.2) is 54.6 Å². The van der Waals surface area contributed by atoms with E-state index in [-0.39, 0.29) is 17.9 Å². The van der Waals surface area contributed by atoms with Crippen LogP contribution in [0.25, 0.3) is 10.9 Å². The van der Waals surface area contributed by atoms with Gasteiger partial charge in [0.15, 0.2) is 0 Å². The van der Waals surface area contributed by atoms with Crippen molar-refractivity contribution in [1.82, 2.24) is 15.2 Å². The van der Waals surface area contributed by atoms with Gasteiger partial charge in [-0.15, -0.1) is 0 Å². The van der Waals surface area contributed by atoms with Gasteiger partial charge in [-0.25, -0.2) is 4.79 Å². The number of rotatable bonds is 9. The number of hydrogen-bond donors (Lipinski definition) is 4. The van der Waals surface area contributed by atoms with E-state index < -0.39 is 6.04 Å². The second-order valence-corrected chi connectivity index (χ2v) is 10.7. The Labute approximate surface area is 241 Å². The summed E-state index contributed by atoms with van der Waals surface area (Å²) in [4.78, 5) is 32.7. The van der Waals surface area contributed by atoms with Crippen molar-refractivity contribution in [2.24, 2.45) is 5.73 Å². The summed E-state index contributed by atoms with van der Waals surface area (Å²) in [5.74, 6) is 0.360. The lowest BCUT2D eigenvalue weighted by Crippen LogP contribution is -2.53. The minimum absolute atomic E-state index is 0.229. The second kappa shape index (κ2) is 12.9. The first-order valence-corrected chi connectivity index (χ1v) is 14.3. The molecule has 0 spiro atoms. The normalized spacial score (nSPS) is 15.3. The number of hydrogen-bond acceptors (Lipinski definition) is 4. The van der Waals surface area contributed by atoms with Crippen LogP contribution in [0.2, 0.25) is 0 Å². The standard InChI is InChI=1S/C33H39N5O3/c1-22(27-21-35-28-11-7-6-10-26(27)28)31(32(39)36-29-20-23(14-17-34)12-13-30(29)41-2)37-33(40)38-18-15-25(16-19-38)24-8-4-3-5-9-24/h3-13,20-22,25,31,35H,14-19,34H2,1-2H3,(H,36,39)(H,37,40). The number of amides is 3. The van der Waals surface area contributed by atoms with Crippen molar-refractivity contribution in [2.45, 2.75) is 44.1 Å². The van der Waals surface area contributed by atoms with Gasteiger partial charge in [0.05, 0.1) is 12.8 Å². The predicted molar refractivity (Wildman–Crippen MR) is 163 cm³/mol. The molecule has 1 aliphatic heterocycles. The summed E-state index contributed by atoms with van der Waals surface area (Å²) in [7, 11) is 1.57. The molecule has 0 bridgehead atoms. The molecule has 0 saturated carbocycles. The van der Waals surface area contributed by atoms with Crippen LogP contribution in [0.3, 0.4) is 0 Å². The minimum atomic E-state index is -0.823. The average molecular weight is 554 g/mol. The Morgan fingerprint density at radius 3 is 2.51 bits per heavy atom. The number of anilines is 1. The summed E-state index contributed by atoms with van der Waals surface area (Å²) < 4.78 is 5.53. The van der Waals surface area contributed by atoms with Crippen LogP contribution in [0.5, 0.6) is 5.75 Å². The number of benzene rings is 3. The second-order valence-electron chi connectivity index (χ2n) is 10.7. The maximum absolute atomic E-state index is 13.9. The molecule has 5 N–H and O–H groups in total. The van der Waals surface area contributed by atoms with Gasteiger partial charge >= 0.3 is 6.03 Å². The molecule has 3 aromatic carbocycles. The molecule has 1 fully saturated rings. The fourth-order valence-electron chi connectivity index (χ4n) is 5.82. The minimum Gasteiger partial charge on any atom is -0.495 e. The topological polar surface area (TPSA) is 112 Å². The summed E-state index contributed by atoms with van der Waals surface area (Å²) in [6.07, 6.45) is 4.38. The lowest BCUT2D eigenvalue weighted by molar-refractivity contribution is -0.118. The zero-order chi connectivity index (χ0) is 28.8. The molecule has 214 valence electrons. The van der Waals surface area contributed by atoms with Gasteiger partial charge in [0.1, 0.15) is 11.8 Å². The Kier molecular flexibility index (Phi) is 8.89. The van der Waals surface area contributed by atoms with Gasteiger partial charge in [-0.2, -0.15) is 0 Å². The summed E-state index contributed by atoms with van der Waals surface area (Å²) in [6.45, 7) is 3.74. The van der Waals surface area contributed by atoms with Crippen molar-refractivity contribution in [3.63, 3.8) is 0 Å². The highest BCUT2D eigenvalue weighted by Crippen LogP contribution is 2.31. The number of piperidine rings is 1. The van der Waals surface area contributed by atoms with E-state index in [4.69, 9.17) is 10.5 Å². The molecule has 4 aromatic rings. The molecule has 2 atom stereocenters. The van der Waals surface area contributed by atoms with E-state index >= 15 is 0 Å². The van der Waals surface area contributed by atoms with E-state index in [0.29, 0.717) is 43.4 Å². The van der Waals surface area contributed by atoms with E-state index in [1.165, 1.54) is 5.56 Å².